The van der Waals surface area contributed by atoms with Crippen LogP contribution in [0.2, 0.25) is 0 Å². The topological polar surface area (TPSA) is 32.3 Å². The highest BCUT2D eigenvalue weighted by atomic mass is 16.3. The lowest BCUT2D eigenvalue weighted by Crippen LogP contribution is -2.43. The maximum atomic E-state index is 9.30. The van der Waals surface area contributed by atoms with Gasteiger partial charge in [-0.2, -0.15) is 0 Å². The Hall–Kier alpha value is -1.02. The van der Waals surface area contributed by atoms with E-state index in [9.17, 15) is 5.11 Å². The molecule has 2 nitrogen and oxygen atoms in total. The van der Waals surface area contributed by atoms with E-state index >= 15 is 0 Å². The molecule has 1 aromatic carbocycles. The minimum absolute atomic E-state index is 0.342. The predicted molar refractivity (Wildman–Crippen MR) is 80.1 cm³/mol. The van der Waals surface area contributed by atoms with E-state index in [0.29, 0.717) is 17.2 Å². The van der Waals surface area contributed by atoms with E-state index in [1.54, 1.807) is 12.1 Å². The standard InChI is InChI=1S/C17H27NO/c1-17(2,3)15-6-4-5-7-16(15)18-12-13-8-10-14(19)11-9-13/h8-11,15-16,18-19H,4-7,12H2,1-3H3. The zero-order chi connectivity index (χ0) is 13.9. The molecule has 19 heavy (non-hydrogen) atoms. The number of phenols is 1. The van der Waals surface area contributed by atoms with Gasteiger partial charge in [-0.05, 0) is 41.9 Å². The average Bonchev–Trinajstić information content (AvgIpc) is 2.37. The molecule has 2 rings (SSSR count). The Bertz CT molecular complexity index is 391. The van der Waals surface area contributed by atoms with Gasteiger partial charge < -0.3 is 10.4 Å². The first-order chi connectivity index (χ1) is 8.97. The fourth-order valence-electron chi connectivity index (χ4n) is 3.27. The highest BCUT2D eigenvalue weighted by Gasteiger charge is 2.33. The van der Waals surface area contributed by atoms with E-state index in [1.807, 2.05) is 12.1 Å². The van der Waals surface area contributed by atoms with Crippen LogP contribution in [0.5, 0.6) is 5.75 Å². The van der Waals surface area contributed by atoms with Gasteiger partial charge in [0.05, 0.1) is 0 Å². The molecule has 0 saturated heterocycles. The summed E-state index contributed by atoms with van der Waals surface area (Å²) in [5.74, 6) is 1.10. The number of hydrogen-bond donors (Lipinski definition) is 2. The molecule has 0 spiro atoms. The van der Waals surface area contributed by atoms with Crippen LogP contribution in [0, 0.1) is 11.3 Å². The molecule has 1 saturated carbocycles. The quantitative estimate of drug-likeness (QED) is 0.859. The van der Waals surface area contributed by atoms with Crippen molar-refractivity contribution >= 4 is 0 Å². The van der Waals surface area contributed by atoms with Gasteiger partial charge in [-0.25, -0.2) is 0 Å². The lowest BCUT2D eigenvalue weighted by atomic mass is 9.69. The van der Waals surface area contributed by atoms with Crippen LogP contribution < -0.4 is 5.32 Å². The number of nitrogens with one attached hydrogen (secondary N) is 1. The molecule has 2 N–H and O–H groups in total. The highest BCUT2D eigenvalue weighted by molar-refractivity contribution is 5.25. The van der Waals surface area contributed by atoms with E-state index in [4.69, 9.17) is 0 Å². The summed E-state index contributed by atoms with van der Waals surface area (Å²) in [6.45, 7) is 7.98. The van der Waals surface area contributed by atoms with E-state index in [0.717, 1.165) is 12.5 Å². The fraction of sp³-hybridized carbons (Fsp3) is 0.647. The van der Waals surface area contributed by atoms with E-state index in [-0.39, 0.29) is 0 Å². The van der Waals surface area contributed by atoms with Crippen molar-refractivity contribution in [2.75, 3.05) is 0 Å². The lowest BCUT2D eigenvalue weighted by molar-refractivity contribution is 0.130. The van der Waals surface area contributed by atoms with Gasteiger partial charge in [0, 0.05) is 12.6 Å². The second-order valence-electron chi connectivity index (χ2n) is 6.91. The van der Waals surface area contributed by atoms with Crippen molar-refractivity contribution in [1.29, 1.82) is 0 Å². The molecule has 0 bridgehead atoms. The molecule has 2 atom stereocenters. The summed E-state index contributed by atoms with van der Waals surface area (Å²) in [6.07, 6.45) is 5.36. The van der Waals surface area contributed by atoms with Gasteiger partial charge in [0.25, 0.3) is 0 Å². The summed E-state index contributed by atoms with van der Waals surface area (Å²) in [7, 11) is 0. The molecule has 0 heterocycles. The first-order valence-electron chi connectivity index (χ1n) is 7.48. The highest BCUT2D eigenvalue weighted by Crippen LogP contribution is 2.38. The third kappa shape index (κ3) is 3.97. The Labute approximate surface area is 117 Å². The fourth-order valence-corrected chi connectivity index (χ4v) is 3.27. The number of hydrogen-bond acceptors (Lipinski definition) is 2. The molecular formula is C17H27NO. The smallest absolute Gasteiger partial charge is 0.115 e. The predicted octanol–water partition coefficient (Wildman–Crippen LogP) is 4.09. The number of rotatable bonds is 3. The van der Waals surface area contributed by atoms with Gasteiger partial charge in [-0.1, -0.05) is 45.7 Å². The maximum absolute atomic E-state index is 9.30. The lowest BCUT2D eigenvalue weighted by Gasteiger charge is -2.41. The van der Waals surface area contributed by atoms with Gasteiger partial charge in [0.15, 0.2) is 0 Å². The summed E-state index contributed by atoms with van der Waals surface area (Å²) in [6, 6.07) is 8.15. The molecular weight excluding hydrogens is 234 g/mol. The molecule has 106 valence electrons. The van der Waals surface area contributed by atoms with Crippen LogP contribution >= 0.6 is 0 Å². The molecule has 0 radical (unpaired) electrons. The van der Waals surface area contributed by atoms with Crippen molar-refractivity contribution in [2.24, 2.45) is 11.3 Å². The molecule has 1 fully saturated rings. The van der Waals surface area contributed by atoms with Crippen LogP contribution in [0.25, 0.3) is 0 Å². The Morgan fingerprint density at radius 3 is 2.37 bits per heavy atom. The number of aromatic hydroxyl groups is 1. The van der Waals surface area contributed by atoms with E-state index < -0.39 is 0 Å². The second kappa shape index (κ2) is 5.96. The van der Waals surface area contributed by atoms with Gasteiger partial charge in [-0.15, -0.1) is 0 Å². The van der Waals surface area contributed by atoms with Gasteiger partial charge >= 0.3 is 0 Å². The molecule has 2 heteroatoms. The van der Waals surface area contributed by atoms with Crippen LogP contribution in [0.15, 0.2) is 24.3 Å². The van der Waals surface area contributed by atoms with Crippen molar-refractivity contribution in [3.8, 4) is 5.75 Å². The summed E-state index contributed by atoms with van der Waals surface area (Å²) < 4.78 is 0. The number of benzene rings is 1. The largest absolute Gasteiger partial charge is 0.508 e. The molecule has 0 aliphatic heterocycles. The molecule has 0 aromatic heterocycles. The SMILES string of the molecule is CC(C)(C)C1CCCCC1NCc1ccc(O)cc1. The van der Waals surface area contributed by atoms with Crippen LogP contribution in [0.4, 0.5) is 0 Å². The second-order valence-corrected chi connectivity index (χ2v) is 6.91. The molecule has 1 aliphatic carbocycles. The third-order valence-electron chi connectivity index (χ3n) is 4.38. The Kier molecular flexibility index (Phi) is 4.51. The van der Waals surface area contributed by atoms with Gasteiger partial charge in [0.2, 0.25) is 0 Å². The zero-order valence-electron chi connectivity index (χ0n) is 12.4. The maximum Gasteiger partial charge on any atom is 0.115 e. The molecule has 0 amide bonds. The van der Waals surface area contributed by atoms with Crippen LogP contribution in [0.1, 0.15) is 52.0 Å². The van der Waals surface area contributed by atoms with Gasteiger partial charge in [0.1, 0.15) is 5.75 Å². The van der Waals surface area contributed by atoms with Crippen molar-refractivity contribution in [1.82, 2.24) is 5.32 Å². The van der Waals surface area contributed by atoms with Gasteiger partial charge in [-0.3, -0.25) is 0 Å². The van der Waals surface area contributed by atoms with E-state index in [1.165, 1.54) is 31.2 Å². The Morgan fingerprint density at radius 1 is 1.11 bits per heavy atom. The first kappa shape index (κ1) is 14.4. The summed E-state index contributed by atoms with van der Waals surface area (Å²) >= 11 is 0. The van der Waals surface area contributed by atoms with Crippen molar-refractivity contribution in [3.05, 3.63) is 29.8 Å². The van der Waals surface area contributed by atoms with Crippen molar-refractivity contribution < 1.29 is 5.11 Å². The van der Waals surface area contributed by atoms with Crippen LogP contribution in [0.3, 0.4) is 0 Å². The summed E-state index contributed by atoms with van der Waals surface area (Å²) in [4.78, 5) is 0. The zero-order valence-corrected chi connectivity index (χ0v) is 12.4. The Balaban J connectivity index is 1.94. The summed E-state index contributed by atoms with van der Waals surface area (Å²) in [5, 5.41) is 13.0. The molecule has 2 unspecified atom stereocenters. The monoisotopic (exact) mass is 261 g/mol. The van der Waals surface area contributed by atoms with Crippen LogP contribution in [-0.4, -0.2) is 11.1 Å². The minimum Gasteiger partial charge on any atom is -0.508 e. The van der Waals surface area contributed by atoms with Crippen molar-refractivity contribution in [3.63, 3.8) is 0 Å². The molecule has 1 aromatic rings. The average molecular weight is 261 g/mol. The third-order valence-corrected chi connectivity index (χ3v) is 4.38. The normalized spacial score (nSPS) is 24.4. The Morgan fingerprint density at radius 2 is 1.74 bits per heavy atom. The molecule has 1 aliphatic rings. The van der Waals surface area contributed by atoms with Crippen molar-refractivity contribution in [2.45, 2.75) is 59.0 Å². The summed E-state index contributed by atoms with van der Waals surface area (Å²) in [5.41, 5.74) is 1.63. The van der Waals surface area contributed by atoms with E-state index in [2.05, 4.69) is 26.1 Å². The van der Waals surface area contributed by atoms with Crippen LogP contribution in [-0.2, 0) is 6.54 Å². The first-order valence-corrected chi connectivity index (χ1v) is 7.48. The minimum atomic E-state index is 0.342. The number of phenolic OH excluding ortho intramolecular Hbond substituents is 1.